The van der Waals surface area contributed by atoms with E-state index in [1.807, 2.05) is 6.92 Å². The number of anilines is 1. The number of halogens is 4. The zero-order chi connectivity index (χ0) is 30.6. The number of nitrogens with zero attached hydrogens (tertiary/aromatic N) is 2. The number of aryl methyl sites for hydroxylation is 1. The second-order valence-corrected chi connectivity index (χ2v) is 14.0. The van der Waals surface area contributed by atoms with Crippen LogP contribution < -0.4 is 9.62 Å². The molecule has 2 amide bonds. The first-order valence-corrected chi connectivity index (χ1v) is 16.4. The van der Waals surface area contributed by atoms with Gasteiger partial charge in [-0.15, -0.1) is 0 Å². The summed E-state index contributed by atoms with van der Waals surface area (Å²) in [5.74, 6) is -0.957. The van der Waals surface area contributed by atoms with Gasteiger partial charge < -0.3 is 10.2 Å². The summed E-state index contributed by atoms with van der Waals surface area (Å²) < 4.78 is 28.9. The zero-order valence-electron chi connectivity index (χ0n) is 23.1. The second-order valence-electron chi connectivity index (χ2n) is 10.4. The molecule has 0 spiro atoms. The summed E-state index contributed by atoms with van der Waals surface area (Å²) in [5, 5.41) is 4.16. The number of sulfonamides is 1. The number of carbonyl (C=O) groups is 2. The molecule has 7 nitrogen and oxygen atoms in total. The van der Waals surface area contributed by atoms with Crippen molar-refractivity contribution >= 4 is 73.9 Å². The van der Waals surface area contributed by atoms with Crippen molar-refractivity contribution in [1.29, 1.82) is 0 Å². The Labute approximate surface area is 266 Å². The smallest absolute Gasteiger partial charge is 0.264 e. The first-order valence-electron chi connectivity index (χ1n) is 13.4. The highest BCUT2D eigenvalue weighted by Gasteiger charge is 2.34. The van der Waals surface area contributed by atoms with Crippen LogP contribution in [0.25, 0.3) is 0 Å². The summed E-state index contributed by atoms with van der Waals surface area (Å²) in [5.41, 5.74) is 1.53. The monoisotopic (exact) mass is 669 g/mol. The number of hydrogen-bond donors (Lipinski definition) is 1. The molecular formula is C30H31Cl4N3O4S. The zero-order valence-corrected chi connectivity index (χ0v) is 27.0. The minimum atomic E-state index is -4.26. The third kappa shape index (κ3) is 7.91. The average molecular weight is 671 g/mol. The Hall–Kier alpha value is -2.49. The van der Waals surface area contributed by atoms with E-state index >= 15 is 0 Å². The van der Waals surface area contributed by atoms with Crippen molar-refractivity contribution in [3.63, 3.8) is 0 Å². The Balaban J connectivity index is 1.73. The molecule has 0 unspecified atom stereocenters. The number of amides is 2. The molecule has 0 heterocycles. The molecular weight excluding hydrogens is 640 g/mol. The Morgan fingerprint density at radius 1 is 0.905 bits per heavy atom. The lowest BCUT2D eigenvalue weighted by Crippen LogP contribution is -2.52. The summed E-state index contributed by atoms with van der Waals surface area (Å²) in [6.07, 6.45) is 3.79. The molecule has 0 bridgehead atoms. The number of carbonyl (C=O) groups excluding carboxylic acids is 2. The maximum Gasteiger partial charge on any atom is 0.264 e. The molecule has 0 aliphatic heterocycles. The van der Waals surface area contributed by atoms with Gasteiger partial charge in [-0.05, 0) is 74.7 Å². The van der Waals surface area contributed by atoms with Crippen LogP contribution in [-0.2, 0) is 26.2 Å². The Morgan fingerprint density at radius 3 is 2.12 bits per heavy atom. The Bertz CT molecular complexity index is 1540. The van der Waals surface area contributed by atoms with E-state index in [9.17, 15) is 18.0 Å². The van der Waals surface area contributed by atoms with Gasteiger partial charge in [0, 0.05) is 32.7 Å². The van der Waals surface area contributed by atoms with E-state index in [4.69, 9.17) is 46.4 Å². The van der Waals surface area contributed by atoms with Crippen LogP contribution in [0.4, 0.5) is 5.69 Å². The maximum atomic E-state index is 14.1. The van der Waals surface area contributed by atoms with Crippen molar-refractivity contribution in [2.75, 3.05) is 10.8 Å². The molecule has 3 aromatic rings. The van der Waals surface area contributed by atoms with Gasteiger partial charge in [-0.1, -0.05) is 83.0 Å². The fourth-order valence-corrected chi connectivity index (χ4v) is 7.24. The second kappa shape index (κ2) is 13.9. The van der Waals surface area contributed by atoms with Gasteiger partial charge in [0.1, 0.15) is 12.6 Å². The van der Waals surface area contributed by atoms with E-state index in [2.05, 4.69) is 5.32 Å². The summed E-state index contributed by atoms with van der Waals surface area (Å²) in [6, 6.07) is 14.5. The van der Waals surface area contributed by atoms with Crippen molar-refractivity contribution in [3.8, 4) is 0 Å². The van der Waals surface area contributed by atoms with Crippen LogP contribution in [0.1, 0.15) is 43.7 Å². The predicted octanol–water partition coefficient (Wildman–Crippen LogP) is 7.28. The summed E-state index contributed by atoms with van der Waals surface area (Å²) in [4.78, 5) is 28.7. The SMILES string of the molecule is Cc1ccc(S(=O)(=O)N(CC(=O)N(Cc2ccc(Cl)cc2Cl)[C@H](C)C(=O)NC2CCCC2)c2cc(Cl)cc(Cl)c2)cc1. The number of rotatable bonds is 10. The van der Waals surface area contributed by atoms with E-state index in [0.29, 0.717) is 15.6 Å². The maximum absolute atomic E-state index is 14.1. The van der Waals surface area contributed by atoms with E-state index in [0.717, 1.165) is 35.6 Å². The molecule has 12 heteroatoms. The van der Waals surface area contributed by atoms with Gasteiger partial charge in [-0.2, -0.15) is 0 Å². The van der Waals surface area contributed by atoms with Crippen molar-refractivity contribution in [1.82, 2.24) is 10.2 Å². The van der Waals surface area contributed by atoms with Gasteiger partial charge in [0.15, 0.2) is 0 Å². The van der Waals surface area contributed by atoms with Crippen molar-refractivity contribution in [3.05, 3.63) is 91.9 Å². The van der Waals surface area contributed by atoms with Gasteiger partial charge in [-0.25, -0.2) is 8.42 Å². The third-order valence-electron chi connectivity index (χ3n) is 7.25. The van der Waals surface area contributed by atoms with Gasteiger partial charge in [-0.3, -0.25) is 13.9 Å². The summed E-state index contributed by atoms with van der Waals surface area (Å²) in [7, 11) is -4.26. The van der Waals surface area contributed by atoms with E-state index in [1.54, 1.807) is 37.3 Å². The lowest BCUT2D eigenvalue weighted by molar-refractivity contribution is -0.139. The minimum absolute atomic E-state index is 0.0173. The number of hydrogen-bond acceptors (Lipinski definition) is 4. The van der Waals surface area contributed by atoms with Crippen LogP contribution in [0.5, 0.6) is 0 Å². The summed E-state index contributed by atoms with van der Waals surface area (Å²) >= 11 is 25.0. The number of benzene rings is 3. The summed E-state index contributed by atoms with van der Waals surface area (Å²) in [6.45, 7) is 2.77. The quantitative estimate of drug-likeness (QED) is 0.246. The molecule has 224 valence electrons. The lowest BCUT2D eigenvalue weighted by Gasteiger charge is -2.32. The first-order chi connectivity index (χ1) is 19.8. The highest BCUT2D eigenvalue weighted by molar-refractivity contribution is 7.92. The van der Waals surface area contributed by atoms with E-state index < -0.39 is 28.5 Å². The van der Waals surface area contributed by atoms with E-state index in [-0.39, 0.29) is 39.1 Å². The Kier molecular flexibility index (Phi) is 10.7. The van der Waals surface area contributed by atoms with Crippen LogP contribution >= 0.6 is 46.4 Å². The fourth-order valence-electron chi connectivity index (χ4n) is 4.86. The highest BCUT2D eigenvalue weighted by Crippen LogP contribution is 2.31. The fraction of sp³-hybridized carbons (Fsp3) is 0.333. The van der Waals surface area contributed by atoms with Crippen LogP contribution in [0, 0.1) is 6.92 Å². The molecule has 4 rings (SSSR count). The molecule has 1 fully saturated rings. The minimum Gasteiger partial charge on any atom is -0.352 e. The Morgan fingerprint density at radius 2 is 1.52 bits per heavy atom. The first kappa shape index (κ1) is 32.4. The molecule has 1 N–H and O–H groups in total. The lowest BCUT2D eigenvalue weighted by atomic mass is 10.1. The highest BCUT2D eigenvalue weighted by atomic mass is 35.5. The van der Waals surface area contributed by atoms with Crippen molar-refractivity contribution in [2.45, 2.75) is 63.1 Å². The van der Waals surface area contributed by atoms with Gasteiger partial charge >= 0.3 is 0 Å². The topological polar surface area (TPSA) is 86.8 Å². The molecule has 1 saturated carbocycles. The van der Waals surface area contributed by atoms with Crippen LogP contribution in [-0.4, -0.2) is 43.8 Å². The molecule has 3 aromatic carbocycles. The average Bonchev–Trinajstić information content (AvgIpc) is 3.43. The number of nitrogens with one attached hydrogen (secondary N) is 1. The van der Waals surface area contributed by atoms with Crippen LogP contribution in [0.3, 0.4) is 0 Å². The largest absolute Gasteiger partial charge is 0.352 e. The standard InChI is InChI=1S/C30H31Cl4N3O4S/c1-19-7-11-27(12-8-19)42(40,41)37(26-14-23(32)13-24(33)15-26)18-29(38)36(17-21-9-10-22(31)16-28(21)34)20(2)30(39)35-25-5-3-4-6-25/h7-16,20,25H,3-6,17-18H2,1-2H3,(H,35,39)/t20-/m1/s1. The van der Waals surface area contributed by atoms with Gasteiger partial charge in [0.05, 0.1) is 10.6 Å². The van der Waals surface area contributed by atoms with Crippen LogP contribution in [0.2, 0.25) is 20.1 Å². The predicted molar refractivity (Wildman–Crippen MR) is 169 cm³/mol. The molecule has 1 aliphatic rings. The van der Waals surface area contributed by atoms with Crippen molar-refractivity contribution < 1.29 is 18.0 Å². The normalized spacial score (nSPS) is 14.4. The van der Waals surface area contributed by atoms with E-state index in [1.165, 1.54) is 35.2 Å². The molecule has 1 aliphatic carbocycles. The molecule has 0 aromatic heterocycles. The third-order valence-corrected chi connectivity index (χ3v) is 10.1. The van der Waals surface area contributed by atoms with Crippen LogP contribution in [0.15, 0.2) is 65.6 Å². The van der Waals surface area contributed by atoms with Crippen molar-refractivity contribution in [2.24, 2.45) is 0 Å². The van der Waals surface area contributed by atoms with Gasteiger partial charge in [0.2, 0.25) is 11.8 Å². The molecule has 0 radical (unpaired) electrons. The molecule has 0 saturated heterocycles. The van der Waals surface area contributed by atoms with Gasteiger partial charge in [0.25, 0.3) is 10.0 Å². The molecule has 42 heavy (non-hydrogen) atoms. The molecule has 1 atom stereocenters.